The Morgan fingerprint density at radius 3 is 2.76 bits per heavy atom. The minimum atomic E-state index is -1.01. The second-order valence-electron chi connectivity index (χ2n) is 5.31. The van der Waals surface area contributed by atoms with Crippen LogP contribution >= 0.6 is 0 Å². The molecule has 0 saturated carbocycles. The Morgan fingerprint density at radius 2 is 2.10 bits per heavy atom. The van der Waals surface area contributed by atoms with Gasteiger partial charge in [0.25, 0.3) is 5.91 Å². The molecule has 112 valence electrons. The van der Waals surface area contributed by atoms with Crippen molar-refractivity contribution in [1.82, 2.24) is 10.3 Å². The Morgan fingerprint density at radius 1 is 1.33 bits per heavy atom. The van der Waals surface area contributed by atoms with E-state index in [1.807, 2.05) is 25.3 Å². The number of methoxy groups -OCH3 is 1. The molecule has 0 spiro atoms. The fourth-order valence-corrected chi connectivity index (χ4v) is 2.46. The zero-order chi connectivity index (χ0) is 15.5. The predicted octanol–water partition coefficient (Wildman–Crippen LogP) is 2.63. The summed E-state index contributed by atoms with van der Waals surface area (Å²) in [4.78, 5) is 27.4. The number of hydrogen-bond acceptors (Lipinski definition) is 3. The Balaban J connectivity index is 2.23. The van der Waals surface area contributed by atoms with Crippen LogP contribution in [0.5, 0.6) is 0 Å². The third-order valence-corrected chi connectivity index (χ3v) is 3.59. The van der Waals surface area contributed by atoms with E-state index in [9.17, 15) is 9.59 Å². The number of rotatable bonds is 5. The summed E-state index contributed by atoms with van der Waals surface area (Å²) in [6.07, 6.45) is 3.11. The van der Waals surface area contributed by atoms with Crippen LogP contribution in [0.25, 0.3) is 10.9 Å². The number of hydrogen-bond donors (Lipinski definition) is 2. The molecule has 0 fully saturated rings. The minimum absolute atomic E-state index is 0.278. The largest absolute Gasteiger partial charge is 0.467 e. The number of carbonyl (C=O) groups excluding carboxylic acids is 2. The van der Waals surface area contributed by atoms with Crippen LogP contribution < -0.4 is 5.32 Å². The molecule has 1 amide bonds. The van der Waals surface area contributed by atoms with Gasteiger partial charge in [-0.25, -0.2) is 4.79 Å². The fourth-order valence-electron chi connectivity index (χ4n) is 2.46. The summed E-state index contributed by atoms with van der Waals surface area (Å²) in [6, 6.07) is 7.28. The first kappa shape index (κ1) is 15.1. The smallest absolute Gasteiger partial charge is 0.331 e. The molecule has 5 heteroatoms. The van der Waals surface area contributed by atoms with Crippen molar-refractivity contribution in [2.75, 3.05) is 7.11 Å². The summed E-state index contributed by atoms with van der Waals surface area (Å²) in [5.41, 5.74) is 0.484. The Kier molecular flexibility index (Phi) is 4.31. The van der Waals surface area contributed by atoms with Crippen molar-refractivity contribution >= 4 is 22.8 Å². The molecule has 0 aliphatic heterocycles. The average molecular weight is 288 g/mol. The number of benzene rings is 1. The van der Waals surface area contributed by atoms with Gasteiger partial charge in [0.05, 0.1) is 7.11 Å². The van der Waals surface area contributed by atoms with Crippen LogP contribution in [0.4, 0.5) is 0 Å². The highest BCUT2D eigenvalue weighted by Gasteiger charge is 2.35. The highest BCUT2D eigenvalue weighted by Crippen LogP contribution is 2.18. The van der Waals surface area contributed by atoms with E-state index in [0.29, 0.717) is 12.0 Å². The van der Waals surface area contributed by atoms with Crippen molar-refractivity contribution in [3.63, 3.8) is 0 Å². The molecule has 5 nitrogen and oxygen atoms in total. The van der Waals surface area contributed by atoms with Gasteiger partial charge in [-0.15, -0.1) is 0 Å². The molecule has 2 rings (SSSR count). The number of fused-ring (bicyclic) bond motifs is 1. The van der Waals surface area contributed by atoms with Crippen LogP contribution in [0.15, 0.2) is 30.5 Å². The minimum Gasteiger partial charge on any atom is -0.467 e. The van der Waals surface area contributed by atoms with Crippen molar-refractivity contribution in [3.8, 4) is 0 Å². The summed E-state index contributed by atoms with van der Waals surface area (Å²) in [6.45, 7) is 3.65. The zero-order valence-corrected chi connectivity index (χ0v) is 12.5. The summed E-state index contributed by atoms with van der Waals surface area (Å²) >= 11 is 0. The van der Waals surface area contributed by atoms with Crippen LogP contribution in [-0.2, 0) is 9.53 Å². The molecule has 1 unspecified atom stereocenters. The monoisotopic (exact) mass is 288 g/mol. The van der Waals surface area contributed by atoms with Gasteiger partial charge in [0.1, 0.15) is 5.54 Å². The molecule has 2 aromatic rings. The van der Waals surface area contributed by atoms with Crippen molar-refractivity contribution in [2.45, 2.75) is 32.2 Å². The number of amides is 1. The van der Waals surface area contributed by atoms with E-state index in [1.165, 1.54) is 7.11 Å². The van der Waals surface area contributed by atoms with E-state index in [-0.39, 0.29) is 5.91 Å². The fraction of sp³-hybridized carbons (Fsp3) is 0.375. The van der Waals surface area contributed by atoms with Gasteiger partial charge in [0.2, 0.25) is 0 Å². The first-order valence-corrected chi connectivity index (χ1v) is 6.98. The molecule has 0 aliphatic carbocycles. The highest BCUT2D eigenvalue weighted by molar-refractivity contribution is 6.00. The highest BCUT2D eigenvalue weighted by atomic mass is 16.5. The van der Waals surface area contributed by atoms with E-state index in [0.717, 1.165) is 17.3 Å². The topological polar surface area (TPSA) is 71.2 Å². The van der Waals surface area contributed by atoms with E-state index < -0.39 is 11.5 Å². The van der Waals surface area contributed by atoms with Gasteiger partial charge in [0.15, 0.2) is 0 Å². The van der Waals surface area contributed by atoms with Gasteiger partial charge in [-0.05, 0) is 37.6 Å². The zero-order valence-electron chi connectivity index (χ0n) is 12.5. The number of ether oxygens (including phenoxy) is 1. The van der Waals surface area contributed by atoms with E-state index in [2.05, 4.69) is 10.3 Å². The number of esters is 1. The molecule has 2 N–H and O–H groups in total. The number of nitrogens with one attached hydrogen (secondary N) is 2. The standard InChI is InChI=1S/C16H20N2O3/c1-4-8-16(2,15(20)21-3)18-14(19)12-5-6-13-11(10-12)7-9-17-13/h5-7,9-10,17H,4,8H2,1-3H3,(H,18,19). The van der Waals surface area contributed by atoms with Gasteiger partial charge < -0.3 is 15.0 Å². The average Bonchev–Trinajstić information content (AvgIpc) is 2.93. The molecule has 1 atom stereocenters. The normalized spacial score (nSPS) is 13.7. The maximum absolute atomic E-state index is 12.4. The van der Waals surface area contributed by atoms with Crippen LogP contribution in [0, 0.1) is 0 Å². The molecular weight excluding hydrogens is 268 g/mol. The molecular formula is C16H20N2O3. The SMILES string of the molecule is CCCC(C)(NC(=O)c1ccc2[nH]ccc2c1)C(=O)OC. The Hall–Kier alpha value is -2.30. The van der Waals surface area contributed by atoms with Crippen LogP contribution in [-0.4, -0.2) is 29.5 Å². The van der Waals surface area contributed by atoms with Gasteiger partial charge in [0, 0.05) is 22.7 Å². The van der Waals surface area contributed by atoms with Crippen molar-refractivity contribution < 1.29 is 14.3 Å². The van der Waals surface area contributed by atoms with Gasteiger partial charge in [-0.1, -0.05) is 13.3 Å². The molecule has 0 bridgehead atoms. The number of H-pyrrole nitrogens is 1. The maximum atomic E-state index is 12.4. The number of carbonyl (C=O) groups is 2. The quantitative estimate of drug-likeness (QED) is 0.831. The first-order chi connectivity index (χ1) is 10.00. The first-order valence-electron chi connectivity index (χ1n) is 6.98. The van der Waals surface area contributed by atoms with Crippen LogP contribution in [0.1, 0.15) is 37.0 Å². The van der Waals surface area contributed by atoms with Crippen molar-refractivity contribution in [1.29, 1.82) is 0 Å². The molecule has 0 aliphatic rings. The van der Waals surface area contributed by atoms with Gasteiger partial charge in [-0.3, -0.25) is 4.79 Å². The van der Waals surface area contributed by atoms with Crippen molar-refractivity contribution in [3.05, 3.63) is 36.0 Å². The summed E-state index contributed by atoms with van der Waals surface area (Å²) in [5.74, 6) is -0.708. The predicted molar refractivity (Wildman–Crippen MR) is 81.1 cm³/mol. The number of aromatic amines is 1. The Bertz CT molecular complexity index is 662. The molecule has 21 heavy (non-hydrogen) atoms. The summed E-state index contributed by atoms with van der Waals surface area (Å²) in [7, 11) is 1.33. The van der Waals surface area contributed by atoms with E-state index in [4.69, 9.17) is 4.74 Å². The molecule has 1 aromatic carbocycles. The van der Waals surface area contributed by atoms with Gasteiger partial charge in [-0.2, -0.15) is 0 Å². The lowest BCUT2D eigenvalue weighted by Crippen LogP contribution is -2.52. The molecule has 0 saturated heterocycles. The maximum Gasteiger partial charge on any atom is 0.331 e. The van der Waals surface area contributed by atoms with E-state index in [1.54, 1.807) is 19.1 Å². The van der Waals surface area contributed by atoms with Gasteiger partial charge >= 0.3 is 5.97 Å². The van der Waals surface area contributed by atoms with Crippen LogP contribution in [0.2, 0.25) is 0 Å². The molecule has 0 radical (unpaired) electrons. The molecule has 1 heterocycles. The second-order valence-corrected chi connectivity index (χ2v) is 5.31. The number of aromatic nitrogens is 1. The summed E-state index contributed by atoms with van der Waals surface area (Å²) < 4.78 is 4.80. The third kappa shape index (κ3) is 3.07. The Labute approximate surface area is 123 Å². The van der Waals surface area contributed by atoms with Crippen molar-refractivity contribution in [2.24, 2.45) is 0 Å². The van der Waals surface area contributed by atoms with E-state index >= 15 is 0 Å². The molecule has 1 aromatic heterocycles. The lowest BCUT2D eigenvalue weighted by atomic mass is 9.95. The van der Waals surface area contributed by atoms with Crippen LogP contribution in [0.3, 0.4) is 0 Å². The lowest BCUT2D eigenvalue weighted by molar-refractivity contribution is -0.147. The summed E-state index contributed by atoms with van der Waals surface area (Å²) in [5, 5.41) is 3.75. The second kappa shape index (κ2) is 5.99. The third-order valence-electron chi connectivity index (χ3n) is 3.59. The lowest BCUT2D eigenvalue weighted by Gasteiger charge is -2.27.